The number of rotatable bonds is 3. The number of hydrogen-bond acceptors (Lipinski definition) is 3. The van der Waals surface area contributed by atoms with Gasteiger partial charge in [-0.05, 0) is 24.0 Å². The number of nitrogens with zero attached hydrogens (tertiary/aromatic N) is 1. The van der Waals surface area contributed by atoms with Gasteiger partial charge in [0.05, 0.1) is 5.88 Å². The van der Waals surface area contributed by atoms with Gasteiger partial charge in [0.15, 0.2) is 0 Å². The zero-order chi connectivity index (χ0) is 12.6. The second-order valence-electron chi connectivity index (χ2n) is 4.63. The fourth-order valence-electron chi connectivity index (χ4n) is 1.97. The summed E-state index contributed by atoms with van der Waals surface area (Å²) in [7, 11) is -3.49. The topological polar surface area (TPSA) is 50.5 Å². The highest BCUT2D eigenvalue weighted by atomic mass is 35.5. The Morgan fingerprint density at radius 3 is 2.41 bits per heavy atom. The summed E-state index contributed by atoms with van der Waals surface area (Å²) in [5, 5.41) is -0.00514. The van der Waals surface area contributed by atoms with E-state index in [2.05, 4.69) is 13.8 Å². The van der Waals surface area contributed by atoms with Crippen LogP contribution in [0.4, 0.5) is 0 Å². The first-order valence-electron chi connectivity index (χ1n) is 5.60. The average molecular weight is 278 g/mol. The highest BCUT2D eigenvalue weighted by Gasteiger charge is 2.36. The standard InChI is InChI=1S/C11H16ClNO3S/c1-8-6-13(7-9(8)2)17(14,15)11-4-3-10(5-12)16-11/h3-4,8-9H,5-7H2,1-2H3. The molecule has 0 spiro atoms. The maximum Gasteiger partial charge on any atom is 0.276 e. The molecule has 1 aliphatic heterocycles. The molecule has 4 nitrogen and oxygen atoms in total. The number of sulfonamides is 1. The monoisotopic (exact) mass is 277 g/mol. The lowest BCUT2D eigenvalue weighted by Gasteiger charge is -2.13. The normalized spacial score (nSPS) is 26.5. The third-order valence-electron chi connectivity index (χ3n) is 3.32. The van der Waals surface area contributed by atoms with E-state index in [-0.39, 0.29) is 11.0 Å². The first-order chi connectivity index (χ1) is 7.95. The maximum atomic E-state index is 12.2. The molecule has 2 unspecified atom stereocenters. The minimum atomic E-state index is -3.49. The van der Waals surface area contributed by atoms with E-state index in [0.29, 0.717) is 30.7 Å². The van der Waals surface area contributed by atoms with Crippen molar-refractivity contribution in [3.8, 4) is 0 Å². The summed E-state index contributed by atoms with van der Waals surface area (Å²) in [6.45, 7) is 5.24. The van der Waals surface area contributed by atoms with E-state index in [9.17, 15) is 8.42 Å². The first-order valence-corrected chi connectivity index (χ1v) is 7.57. The van der Waals surface area contributed by atoms with Gasteiger partial charge in [0.1, 0.15) is 5.76 Å². The van der Waals surface area contributed by atoms with Crippen molar-refractivity contribution in [2.45, 2.75) is 24.8 Å². The average Bonchev–Trinajstić information content (AvgIpc) is 2.87. The Morgan fingerprint density at radius 1 is 1.35 bits per heavy atom. The summed E-state index contributed by atoms with van der Waals surface area (Å²) in [4.78, 5) is 0. The summed E-state index contributed by atoms with van der Waals surface area (Å²) < 4.78 is 31.2. The Balaban J connectivity index is 2.25. The molecule has 0 aliphatic carbocycles. The summed E-state index contributed by atoms with van der Waals surface area (Å²) >= 11 is 5.59. The first kappa shape index (κ1) is 12.9. The van der Waals surface area contributed by atoms with Crippen LogP contribution in [0.2, 0.25) is 0 Å². The Bertz CT molecular complexity index is 487. The van der Waals surface area contributed by atoms with Crippen LogP contribution in [0.1, 0.15) is 19.6 Å². The predicted octanol–water partition coefficient (Wildman–Crippen LogP) is 2.29. The second kappa shape index (κ2) is 4.63. The molecular formula is C11H16ClNO3S. The Morgan fingerprint density at radius 2 is 1.94 bits per heavy atom. The van der Waals surface area contributed by atoms with Gasteiger partial charge in [0.25, 0.3) is 10.0 Å². The molecule has 2 rings (SSSR count). The third-order valence-corrected chi connectivity index (χ3v) is 5.29. The van der Waals surface area contributed by atoms with Crippen molar-refractivity contribution in [2.75, 3.05) is 13.1 Å². The Kier molecular flexibility index (Phi) is 3.52. The molecule has 2 atom stereocenters. The van der Waals surface area contributed by atoms with Crippen molar-refractivity contribution in [3.63, 3.8) is 0 Å². The van der Waals surface area contributed by atoms with Crippen molar-refractivity contribution < 1.29 is 12.8 Å². The molecule has 1 aliphatic rings. The SMILES string of the molecule is CC1CN(S(=O)(=O)c2ccc(CCl)o2)CC1C. The van der Waals surface area contributed by atoms with Crippen LogP contribution in [-0.4, -0.2) is 25.8 Å². The maximum absolute atomic E-state index is 12.2. The highest BCUT2D eigenvalue weighted by Crippen LogP contribution is 2.28. The lowest BCUT2D eigenvalue weighted by atomic mass is 10.0. The minimum Gasteiger partial charge on any atom is -0.447 e. The van der Waals surface area contributed by atoms with Gasteiger partial charge in [-0.3, -0.25) is 0 Å². The second-order valence-corrected chi connectivity index (χ2v) is 6.77. The molecule has 17 heavy (non-hydrogen) atoms. The third kappa shape index (κ3) is 2.37. The van der Waals surface area contributed by atoms with E-state index < -0.39 is 10.0 Å². The van der Waals surface area contributed by atoms with E-state index in [4.69, 9.17) is 16.0 Å². The van der Waals surface area contributed by atoms with Gasteiger partial charge in [-0.15, -0.1) is 11.6 Å². The predicted molar refractivity (Wildman–Crippen MR) is 65.4 cm³/mol. The number of halogens is 1. The molecule has 2 heterocycles. The number of hydrogen-bond donors (Lipinski definition) is 0. The lowest BCUT2D eigenvalue weighted by Crippen LogP contribution is -2.28. The van der Waals surface area contributed by atoms with Crippen LogP contribution in [-0.2, 0) is 15.9 Å². The molecule has 1 aromatic rings. The van der Waals surface area contributed by atoms with Crippen molar-refractivity contribution in [1.29, 1.82) is 0 Å². The summed E-state index contributed by atoms with van der Waals surface area (Å²) in [5.41, 5.74) is 0. The largest absolute Gasteiger partial charge is 0.447 e. The van der Waals surface area contributed by atoms with Crippen LogP contribution in [0, 0.1) is 11.8 Å². The highest BCUT2D eigenvalue weighted by molar-refractivity contribution is 7.89. The number of alkyl halides is 1. The van der Waals surface area contributed by atoms with Crippen molar-refractivity contribution >= 4 is 21.6 Å². The van der Waals surface area contributed by atoms with Gasteiger partial charge in [-0.25, -0.2) is 8.42 Å². The summed E-state index contributed by atoms with van der Waals surface area (Å²) in [6, 6.07) is 3.07. The quantitative estimate of drug-likeness (QED) is 0.797. The van der Waals surface area contributed by atoms with Crippen LogP contribution in [0.5, 0.6) is 0 Å². The molecule has 0 saturated carbocycles. The molecule has 1 saturated heterocycles. The van der Waals surface area contributed by atoms with Crippen molar-refractivity contribution in [3.05, 3.63) is 17.9 Å². The van der Waals surface area contributed by atoms with E-state index >= 15 is 0 Å². The Labute approximate surface area is 107 Å². The van der Waals surface area contributed by atoms with Crippen molar-refractivity contribution in [1.82, 2.24) is 4.31 Å². The van der Waals surface area contributed by atoms with E-state index in [1.54, 1.807) is 6.07 Å². The Hall–Kier alpha value is -0.520. The van der Waals surface area contributed by atoms with Crippen LogP contribution in [0.3, 0.4) is 0 Å². The number of furan rings is 1. The van der Waals surface area contributed by atoms with Gasteiger partial charge >= 0.3 is 0 Å². The fraction of sp³-hybridized carbons (Fsp3) is 0.636. The molecule has 0 N–H and O–H groups in total. The molecule has 0 radical (unpaired) electrons. The summed E-state index contributed by atoms with van der Waals surface area (Å²) in [6.07, 6.45) is 0. The molecule has 6 heteroatoms. The molecule has 0 amide bonds. The van der Waals surface area contributed by atoms with Gasteiger partial charge in [-0.2, -0.15) is 4.31 Å². The molecule has 0 bridgehead atoms. The van der Waals surface area contributed by atoms with E-state index in [1.807, 2.05) is 0 Å². The minimum absolute atomic E-state index is 0.00514. The molecular weight excluding hydrogens is 262 g/mol. The van der Waals surface area contributed by atoms with Crippen LogP contribution in [0.25, 0.3) is 0 Å². The van der Waals surface area contributed by atoms with Crippen LogP contribution >= 0.6 is 11.6 Å². The van der Waals surface area contributed by atoms with Gasteiger partial charge in [-0.1, -0.05) is 13.8 Å². The zero-order valence-electron chi connectivity index (χ0n) is 9.89. The van der Waals surface area contributed by atoms with E-state index in [1.165, 1.54) is 10.4 Å². The van der Waals surface area contributed by atoms with Crippen LogP contribution < -0.4 is 0 Å². The van der Waals surface area contributed by atoms with Crippen molar-refractivity contribution in [2.24, 2.45) is 11.8 Å². The fourth-order valence-corrected chi connectivity index (χ4v) is 3.68. The lowest BCUT2D eigenvalue weighted by molar-refractivity contribution is 0.392. The van der Waals surface area contributed by atoms with Gasteiger partial charge in [0, 0.05) is 13.1 Å². The molecule has 0 aromatic carbocycles. The van der Waals surface area contributed by atoms with E-state index in [0.717, 1.165) is 0 Å². The smallest absolute Gasteiger partial charge is 0.276 e. The summed E-state index contributed by atoms with van der Waals surface area (Å²) in [5.74, 6) is 1.42. The zero-order valence-corrected chi connectivity index (χ0v) is 11.5. The van der Waals surface area contributed by atoms with Gasteiger partial charge in [0.2, 0.25) is 5.09 Å². The van der Waals surface area contributed by atoms with Gasteiger partial charge < -0.3 is 4.42 Å². The molecule has 96 valence electrons. The van der Waals surface area contributed by atoms with Crippen LogP contribution in [0.15, 0.2) is 21.6 Å². The molecule has 1 fully saturated rings. The molecule has 1 aromatic heterocycles.